The molecule has 1 heterocycles. The summed E-state index contributed by atoms with van der Waals surface area (Å²) in [5.74, 6) is -0.134. The van der Waals surface area contributed by atoms with Gasteiger partial charge in [-0.15, -0.1) is 0 Å². The van der Waals surface area contributed by atoms with Gasteiger partial charge < -0.3 is 15.1 Å². The van der Waals surface area contributed by atoms with E-state index in [1.165, 1.54) is 11.9 Å². The highest BCUT2D eigenvalue weighted by atomic mass is 16.3. The maximum absolute atomic E-state index is 12.9. The van der Waals surface area contributed by atoms with Crippen LogP contribution in [0.4, 0.5) is 0 Å². The molecule has 1 amide bonds. The van der Waals surface area contributed by atoms with Crippen LogP contribution in [-0.2, 0) is 9.59 Å². The van der Waals surface area contributed by atoms with Gasteiger partial charge in [-0.2, -0.15) is 0 Å². The predicted octanol–water partition coefficient (Wildman–Crippen LogP) is 3.58. The first-order chi connectivity index (χ1) is 13.8. The number of likely N-dealkylation sites (N-methyl/N-ethyl adjacent to an activating group) is 1. The number of rotatable bonds is 4. The van der Waals surface area contributed by atoms with Crippen LogP contribution in [0.2, 0.25) is 0 Å². The Labute approximate surface area is 173 Å². The molecule has 5 nitrogen and oxygen atoms in total. The lowest BCUT2D eigenvalue weighted by Crippen LogP contribution is -2.45. The Morgan fingerprint density at radius 3 is 2.62 bits per heavy atom. The van der Waals surface area contributed by atoms with Crippen molar-refractivity contribution in [3.8, 4) is 0 Å². The minimum absolute atomic E-state index is 0.112. The molecule has 3 rings (SSSR count). The molecule has 1 saturated carbocycles. The van der Waals surface area contributed by atoms with Crippen molar-refractivity contribution in [1.82, 2.24) is 4.90 Å². The van der Waals surface area contributed by atoms with Gasteiger partial charge in [0.1, 0.15) is 17.4 Å². The number of Topliss-reactive ketones (excluding diaryl/α,β-unsaturated/α-hetero) is 1. The molecule has 0 aromatic carbocycles. The number of carbonyl (C=O) groups excluding carboxylic acids is 2. The molecular formula is C24H33NO4. The van der Waals surface area contributed by atoms with E-state index in [-0.39, 0.29) is 23.2 Å². The highest BCUT2D eigenvalue weighted by Crippen LogP contribution is 2.56. The van der Waals surface area contributed by atoms with Gasteiger partial charge in [-0.25, -0.2) is 0 Å². The molecule has 3 aliphatic rings. The van der Waals surface area contributed by atoms with Crippen LogP contribution in [0.3, 0.4) is 0 Å². The number of hydrogen-bond donors (Lipinski definition) is 2. The molecule has 0 radical (unpaired) electrons. The third kappa shape index (κ3) is 3.50. The van der Waals surface area contributed by atoms with Crippen molar-refractivity contribution < 1.29 is 19.8 Å². The normalized spacial score (nSPS) is 39.6. The van der Waals surface area contributed by atoms with Crippen LogP contribution < -0.4 is 0 Å². The van der Waals surface area contributed by atoms with E-state index in [4.69, 9.17) is 0 Å². The van der Waals surface area contributed by atoms with Gasteiger partial charge in [0.25, 0.3) is 5.91 Å². The van der Waals surface area contributed by atoms with Gasteiger partial charge in [0, 0.05) is 18.4 Å². The van der Waals surface area contributed by atoms with Gasteiger partial charge in [0.05, 0.1) is 6.61 Å². The van der Waals surface area contributed by atoms with Gasteiger partial charge in [-0.3, -0.25) is 9.59 Å². The Hall–Kier alpha value is -2.14. The molecule has 0 aromatic rings. The molecule has 29 heavy (non-hydrogen) atoms. The summed E-state index contributed by atoms with van der Waals surface area (Å²) in [6.45, 7) is 5.74. The Kier molecular flexibility index (Phi) is 6.18. The minimum atomic E-state index is -0.915. The summed E-state index contributed by atoms with van der Waals surface area (Å²) < 4.78 is 0. The van der Waals surface area contributed by atoms with Crippen molar-refractivity contribution in [3.05, 3.63) is 47.8 Å². The lowest BCUT2D eigenvalue weighted by Gasteiger charge is -2.50. The molecule has 158 valence electrons. The highest BCUT2D eigenvalue weighted by Gasteiger charge is 2.53. The lowest BCUT2D eigenvalue weighted by molar-refractivity contribution is -0.126. The number of carbonyl (C=O) groups is 2. The van der Waals surface area contributed by atoms with Gasteiger partial charge in [-0.1, -0.05) is 56.7 Å². The number of allylic oxidation sites excluding steroid dienone is 7. The lowest BCUT2D eigenvalue weighted by atomic mass is 9.54. The number of fused-ring (bicyclic) bond motifs is 1. The SMILES string of the molecule is C/C=C/C=C/[C@@H]1C=C[C@@H]2C[C@H](C)CC[C@H]2[C@]1(C)/C(O)=C1/C(=O)[C@H](CO)N(C)C1=O. The first-order valence-electron chi connectivity index (χ1n) is 10.6. The Morgan fingerprint density at radius 2 is 2.00 bits per heavy atom. The zero-order valence-electron chi connectivity index (χ0n) is 17.8. The standard InChI is InChI=1S/C24H33NO4/c1-5-6-7-8-17-11-10-16-13-15(2)9-12-18(16)24(17,3)22(28)20-21(27)19(14-26)25(4)23(20)29/h5-8,10-11,15-19,26,28H,9,12-14H2,1-4H3/b6-5+,8-7+,22-20+/t15-,16-,17-,18-,19+,24-/m1/s1. The molecule has 2 N–H and O–H groups in total. The van der Waals surface area contributed by atoms with E-state index in [1.54, 1.807) is 0 Å². The number of amides is 1. The van der Waals surface area contributed by atoms with E-state index >= 15 is 0 Å². The molecule has 0 unspecified atom stereocenters. The Bertz CT molecular complexity index is 793. The molecule has 0 bridgehead atoms. The van der Waals surface area contributed by atoms with Gasteiger partial charge in [-0.05, 0) is 37.5 Å². The van der Waals surface area contributed by atoms with E-state index in [9.17, 15) is 19.8 Å². The molecule has 2 fully saturated rings. The van der Waals surface area contributed by atoms with E-state index < -0.39 is 29.8 Å². The third-order valence-electron chi connectivity index (χ3n) is 7.28. The van der Waals surface area contributed by atoms with E-state index in [0.29, 0.717) is 11.8 Å². The third-order valence-corrected chi connectivity index (χ3v) is 7.28. The average Bonchev–Trinajstić information content (AvgIpc) is 2.91. The summed E-state index contributed by atoms with van der Waals surface area (Å²) in [6.07, 6.45) is 15.3. The van der Waals surface area contributed by atoms with E-state index in [1.807, 2.05) is 38.2 Å². The molecule has 6 atom stereocenters. The first kappa shape index (κ1) is 21.6. The largest absolute Gasteiger partial charge is 0.511 e. The van der Waals surface area contributed by atoms with Crippen LogP contribution in [0.5, 0.6) is 0 Å². The monoisotopic (exact) mass is 399 g/mol. The summed E-state index contributed by atoms with van der Waals surface area (Å²) in [4.78, 5) is 26.9. The number of aliphatic hydroxyl groups excluding tert-OH is 2. The molecule has 0 spiro atoms. The summed E-state index contributed by atoms with van der Waals surface area (Å²) in [5, 5.41) is 21.0. The molecule has 1 aliphatic heterocycles. The highest BCUT2D eigenvalue weighted by molar-refractivity contribution is 6.26. The van der Waals surface area contributed by atoms with Crippen LogP contribution in [0.1, 0.15) is 40.0 Å². The average molecular weight is 400 g/mol. The summed E-state index contributed by atoms with van der Waals surface area (Å²) in [5.41, 5.74) is -0.894. The van der Waals surface area contributed by atoms with Crippen LogP contribution in [-0.4, -0.2) is 46.5 Å². The molecule has 0 aromatic heterocycles. The van der Waals surface area contributed by atoms with Crippen molar-refractivity contribution in [2.75, 3.05) is 13.7 Å². The zero-order valence-corrected chi connectivity index (χ0v) is 17.8. The summed E-state index contributed by atoms with van der Waals surface area (Å²) >= 11 is 0. The second-order valence-electron chi connectivity index (χ2n) is 8.99. The molecule has 2 aliphatic carbocycles. The first-order valence-corrected chi connectivity index (χ1v) is 10.6. The van der Waals surface area contributed by atoms with Crippen molar-refractivity contribution in [2.24, 2.45) is 29.1 Å². The van der Waals surface area contributed by atoms with Crippen LogP contribution in [0.25, 0.3) is 0 Å². The quantitative estimate of drug-likeness (QED) is 0.249. The van der Waals surface area contributed by atoms with E-state index in [0.717, 1.165) is 19.3 Å². The van der Waals surface area contributed by atoms with Crippen LogP contribution >= 0.6 is 0 Å². The number of likely N-dealkylation sites (tertiary alicyclic amines) is 1. The summed E-state index contributed by atoms with van der Waals surface area (Å²) in [6, 6.07) is -0.915. The fraction of sp³-hybridized carbons (Fsp3) is 0.583. The fourth-order valence-corrected chi connectivity index (χ4v) is 5.44. The maximum Gasteiger partial charge on any atom is 0.261 e. The van der Waals surface area contributed by atoms with Crippen molar-refractivity contribution in [3.63, 3.8) is 0 Å². The van der Waals surface area contributed by atoms with Gasteiger partial charge in [0.2, 0.25) is 0 Å². The molecule has 5 heteroatoms. The maximum atomic E-state index is 12.9. The van der Waals surface area contributed by atoms with Crippen molar-refractivity contribution in [2.45, 2.75) is 46.1 Å². The van der Waals surface area contributed by atoms with Gasteiger partial charge >= 0.3 is 0 Å². The minimum Gasteiger partial charge on any atom is -0.511 e. The van der Waals surface area contributed by atoms with Crippen LogP contribution in [0, 0.1) is 29.1 Å². The van der Waals surface area contributed by atoms with Gasteiger partial charge in [0.15, 0.2) is 5.78 Å². The smallest absolute Gasteiger partial charge is 0.261 e. The Morgan fingerprint density at radius 1 is 1.28 bits per heavy atom. The van der Waals surface area contributed by atoms with Crippen molar-refractivity contribution >= 4 is 11.7 Å². The number of aliphatic hydroxyl groups is 2. The second kappa shape index (κ2) is 8.31. The number of nitrogens with zero attached hydrogens (tertiary/aromatic N) is 1. The number of ketones is 1. The van der Waals surface area contributed by atoms with Crippen molar-refractivity contribution in [1.29, 1.82) is 0 Å². The van der Waals surface area contributed by atoms with E-state index in [2.05, 4.69) is 19.1 Å². The zero-order chi connectivity index (χ0) is 21.3. The fourth-order valence-electron chi connectivity index (χ4n) is 5.44. The Balaban J connectivity index is 2.13. The summed E-state index contributed by atoms with van der Waals surface area (Å²) in [7, 11) is 1.50. The molecular weight excluding hydrogens is 366 g/mol. The second-order valence-corrected chi connectivity index (χ2v) is 8.99. The molecule has 1 saturated heterocycles. The van der Waals surface area contributed by atoms with Crippen LogP contribution in [0.15, 0.2) is 47.8 Å². The predicted molar refractivity (Wildman–Crippen MR) is 113 cm³/mol. The topological polar surface area (TPSA) is 77.8 Å². The number of hydrogen-bond acceptors (Lipinski definition) is 4.